The number of carbonyl (C=O) groups is 1. The number of hydrogen-bond acceptors (Lipinski definition) is 3. The second-order valence-electron chi connectivity index (χ2n) is 12.8. The van der Waals surface area contributed by atoms with E-state index in [1.807, 2.05) is 12.1 Å². The van der Waals surface area contributed by atoms with Crippen LogP contribution in [0.25, 0.3) is 0 Å². The van der Waals surface area contributed by atoms with Gasteiger partial charge in [-0.1, -0.05) is 57.9 Å². The van der Waals surface area contributed by atoms with Gasteiger partial charge in [0.1, 0.15) is 5.75 Å². The molecule has 1 aromatic rings. The zero-order valence-corrected chi connectivity index (χ0v) is 21.7. The van der Waals surface area contributed by atoms with Gasteiger partial charge in [0.2, 0.25) is 0 Å². The standard InChI is InChI=1S/C31H46O4/c1-29-15-14-26-25-13-12-24(32)21-23(25)20-22(28(26)30(29)16-18-31(29,35)19-17-30)10-8-6-4-2-3-5-7-9-11-27(33)34/h12-13,21-22,26,28,32,35H,2-11,14-20H2,1H3,(H,33,34)/t22-,26?,28?,29+,30?,31?/m1/s1. The monoisotopic (exact) mass is 482 g/mol. The highest BCUT2D eigenvalue weighted by molar-refractivity contribution is 5.66. The maximum Gasteiger partial charge on any atom is 0.303 e. The number of fused-ring (bicyclic) bond motifs is 3. The summed E-state index contributed by atoms with van der Waals surface area (Å²) in [4.78, 5) is 10.6. The number of benzene rings is 1. The van der Waals surface area contributed by atoms with Crippen molar-refractivity contribution < 1.29 is 20.1 Å². The molecule has 3 N–H and O–H groups in total. The maximum absolute atomic E-state index is 11.6. The Morgan fingerprint density at radius 2 is 1.60 bits per heavy atom. The van der Waals surface area contributed by atoms with Crippen LogP contribution in [-0.4, -0.2) is 26.9 Å². The minimum Gasteiger partial charge on any atom is -0.508 e. The van der Waals surface area contributed by atoms with Gasteiger partial charge in [0.05, 0.1) is 5.60 Å². The first-order valence-electron chi connectivity index (χ1n) is 14.6. The molecule has 194 valence electrons. The van der Waals surface area contributed by atoms with E-state index < -0.39 is 11.6 Å². The fourth-order valence-electron chi connectivity index (χ4n) is 9.56. The van der Waals surface area contributed by atoms with E-state index in [9.17, 15) is 15.0 Å². The molecule has 0 aliphatic heterocycles. The van der Waals surface area contributed by atoms with Crippen LogP contribution in [-0.2, 0) is 11.2 Å². The average Bonchev–Trinajstić information content (AvgIpc) is 3.20. The van der Waals surface area contributed by atoms with Crippen LogP contribution >= 0.6 is 0 Å². The molecular weight excluding hydrogens is 436 g/mol. The second-order valence-corrected chi connectivity index (χ2v) is 12.8. The molecule has 4 aliphatic carbocycles. The SMILES string of the molecule is C[C@]12CCC3c4ccc(O)cc4C[C@@H](CCCCCCCCCCC(=O)O)C3C13CCC2(O)CC3. The summed E-state index contributed by atoms with van der Waals surface area (Å²) in [6.45, 7) is 2.43. The van der Waals surface area contributed by atoms with Crippen LogP contribution in [0.2, 0.25) is 0 Å². The molecular formula is C31H46O4. The van der Waals surface area contributed by atoms with Gasteiger partial charge in [-0.25, -0.2) is 0 Å². The van der Waals surface area contributed by atoms with Gasteiger partial charge in [-0.2, -0.15) is 0 Å². The van der Waals surface area contributed by atoms with Crippen LogP contribution in [0.1, 0.15) is 127 Å². The van der Waals surface area contributed by atoms with Crippen molar-refractivity contribution in [2.45, 2.75) is 128 Å². The number of aliphatic hydroxyl groups is 1. The third-order valence-electron chi connectivity index (χ3n) is 11.4. The van der Waals surface area contributed by atoms with Gasteiger partial charge in [0.15, 0.2) is 0 Å². The first kappa shape index (κ1) is 25.1. The molecule has 0 amide bonds. The van der Waals surface area contributed by atoms with Crippen LogP contribution in [0.15, 0.2) is 18.2 Å². The number of unbranched alkanes of at least 4 members (excludes halogenated alkanes) is 7. The summed E-state index contributed by atoms with van der Waals surface area (Å²) in [6, 6.07) is 6.14. The maximum atomic E-state index is 11.6. The Morgan fingerprint density at radius 3 is 2.29 bits per heavy atom. The van der Waals surface area contributed by atoms with E-state index >= 15 is 0 Å². The average molecular weight is 483 g/mol. The Morgan fingerprint density at radius 1 is 0.943 bits per heavy atom. The summed E-state index contributed by atoms with van der Waals surface area (Å²) in [5, 5.41) is 30.6. The van der Waals surface area contributed by atoms with Gasteiger partial charge in [-0.3, -0.25) is 4.79 Å². The Kier molecular flexibility index (Phi) is 6.98. The molecule has 3 fully saturated rings. The molecule has 2 bridgehead atoms. The highest BCUT2D eigenvalue weighted by Gasteiger charge is 2.74. The van der Waals surface area contributed by atoms with E-state index in [1.165, 1.54) is 68.9 Å². The number of aliphatic carboxylic acids is 1. The van der Waals surface area contributed by atoms with Crippen molar-refractivity contribution in [3.8, 4) is 5.75 Å². The summed E-state index contributed by atoms with van der Waals surface area (Å²) >= 11 is 0. The lowest BCUT2D eigenvalue weighted by molar-refractivity contribution is -0.137. The normalized spacial score (nSPS) is 37.0. The predicted molar refractivity (Wildman–Crippen MR) is 139 cm³/mol. The molecule has 0 aromatic heterocycles. The minimum absolute atomic E-state index is 0.0779. The van der Waals surface area contributed by atoms with Crippen molar-refractivity contribution >= 4 is 5.97 Å². The largest absolute Gasteiger partial charge is 0.508 e. The Balaban J connectivity index is 1.22. The molecule has 0 spiro atoms. The van der Waals surface area contributed by atoms with Gasteiger partial charge in [0, 0.05) is 11.8 Å². The molecule has 1 aromatic carbocycles. The zero-order chi connectivity index (χ0) is 24.7. The Bertz CT molecular complexity index is 915. The van der Waals surface area contributed by atoms with Crippen LogP contribution in [0.3, 0.4) is 0 Å². The quantitative estimate of drug-likeness (QED) is 0.288. The van der Waals surface area contributed by atoms with Gasteiger partial charge in [0.25, 0.3) is 0 Å². The van der Waals surface area contributed by atoms with Crippen LogP contribution in [0.4, 0.5) is 0 Å². The van der Waals surface area contributed by atoms with E-state index in [4.69, 9.17) is 5.11 Å². The van der Waals surface area contributed by atoms with Crippen molar-refractivity contribution in [1.29, 1.82) is 0 Å². The molecule has 5 rings (SSSR count). The number of rotatable bonds is 11. The highest BCUT2D eigenvalue weighted by atomic mass is 16.4. The molecule has 4 aliphatic rings. The molecule has 2 unspecified atom stereocenters. The number of carboxylic acid groups (broad SMARTS) is 1. The fraction of sp³-hybridized carbons (Fsp3) is 0.774. The summed E-state index contributed by atoms with van der Waals surface area (Å²) in [5.41, 5.74) is 2.80. The molecule has 4 atom stereocenters. The van der Waals surface area contributed by atoms with E-state index in [0.29, 0.717) is 35.3 Å². The topological polar surface area (TPSA) is 77.8 Å². The first-order chi connectivity index (χ1) is 16.8. The number of aromatic hydroxyl groups is 1. The van der Waals surface area contributed by atoms with Crippen molar-refractivity contribution in [2.24, 2.45) is 22.7 Å². The van der Waals surface area contributed by atoms with Crippen LogP contribution < -0.4 is 0 Å². The third kappa shape index (κ3) is 4.22. The van der Waals surface area contributed by atoms with Gasteiger partial charge in [-0.15, -0.1) is 0 Å². The lowest BCUT2D eigenvalue weighted by Gasteiger charge is -2.59. The lowest BCUT2D eigenvalue weighted by Crippen LogP contribution is -2.54. The third-order valence-corrected chi connectivity index (χ3v) is 11.4. The second kappa shape index (κ2) is 9.72. The van der Waals surface area contributed by atoms with Crippen molar-refractivity contribution in [3.63, 3.8) is 0 Å². The van der Waals surface area contributed by atoms with Gasteiger partial charge >= 0.3 is 5.97 Å². The predicted octanol–water partition coefficient (Wildman–Crippen LogP) is 7.36. The number of hydrogen-bond donors (Lipinski definition) is 3. The molecule has 0 heterocycles. The molecule has 0 saturated heterocycles. The van der Waals surface area contributed by atoms with E-state index in [2.05, 4.69) is 13.0 Å². The van der Waals surface area contributed by atoms with E-state index in [-0.39, 0.29) is 5.41 Å². The number of phenols is 1. The number of carboxylic acids is 1. The minimum atomic E-state index is -0.675. The molecule has 3 saturated carbocycles. The molecule has 4 nitrogen and oxygen atoms in total. The number of phenolic OH excluding ortho intramolecular Hbond substituents is 1. The smallest absolute Gasteiger partial charge is 0.303 e. The van der Waals surface area contributed by atoms with E-state index in [0.717, 1.165) is 44.9 Å². The summed E-state index contributed by atoms with van der Waals surface area (Å²) in [6.07, 6.45) is 18.7. The Labute approximate surface area is 211 Å². The summed E-state index contributed by atoms with van der Waals surface area (Å²) in [7, 11) is 0. The van der Waals surface area contributed by atoms with Crippen molar-refractivity contribution in [1.82, 2.24) is 0 Å². The molecule has 4 heteroatoms. The van der Waals surface area contributed by atoms with Crippen LogP contribution in [0, 0.1) is 22.7 Å². The molecule has 0 radical (unpaired) electrons. The summed E-state index contributed by atoms with van der Waals surface area (Å²) in [5.74, 6) is 1.64. The highest BCUT2D eigenvalue weighted by Crippen LogP contribution is 2.78. The van der Waals surface area contributed by atoms with Crippen molar-refractivity contribution in [2.75, 3.05) is 0 Å². The zero-order valence-electron chi connectivity index (χ0n) is 21.7. The molecule has 35 heavy (non-hydrogen) atoms. The van der Waals surface area contributed by atoms with E-state index in [1.54, 1.807) is 0 Å². The van der Waals surface area contributed by atoms with Gasteiger partial charge < -0.3 is 15.3 Å². The lowest BCUT2D eigenvalue weighted by atomic mass is 9.45. The fourth-order valence-corrected chi connectivity index (χ4v) is 9.56. The van der Waals surface area contributed by atoms with Crippen LogP contribution in [0.5, 0.6) is 5.75 Å². The first-order valence-corrected chi connectivity index (χ1v) is 14.6. The van der Waals surface area contributed by atoms with Crippen molar-refractivity contribution in [3.05, 3.63) is 29.3 Å². The van der Waals surface area contributed by atoms with Gasteiger partial charge in [-0.05, 0) is 104 Å². The summed E-state index contributed by atoms with van der Waals surface area (Å²) < 4.78 is 0. The Hall–Kier alpha value is -1.55.